The van der Waals surface area contributed by atoms with E-state index >= 15 is 4.39 Å². The van der Waals surface area contributed by atoms with E-state index in [4.69, 9.17) is 11.6 Å². The fourth-order valence-electron chi connectivity index (χ4n) is 4.37. The quantitative estimate of drug-likeness (QED) is 0.363. The van der Waals surface area contributed by atoms with Crippen LogP contribution in [0.4, 0.5) is 27.7 Å². The summed E-state index contributed by atoms with van der Waals surface area (Å²) in [6.07, 6.45) is 3.13. The summed E-state index contributed by atoms with van der Waals surface area (Å²) < 4.78 is 40.5. The first-order chi connectivity index (χ1) is 17.5. The van der Waals surface area contributed by atoms with Crippen molar-refractivity contribution in [3.8, 4) is 0 Å². The summed E-state index contributed by atoms with van der Waals surface area (Å²) in [5, 5.41) is 13.2. The van der Waals surface area contributed by atoms with Crippen LogP contribution in [0.25, 0.3) is 0 Å². The predicted octanol–water partition coefficient (Wildman–Crippen LogP) is 4.17. The van der Waals surface area contributed by atoms with E-state index in [0.29, 0.717) is 23.2 Å². The third-order valence-electron chi connectivity index (χ3n) is 6.55. The molecule has 200 valence electrons. The van der Waals surface area contributed by atoms with E-state index in [2.05, 4.69) is 35.7 Å². The van der Waals surface area contributed by atoms with Gasteiger partial charge in [-0.15, -0.1) is 0 Å². The standard InChI is InChI=1S/C24H32ClFN8O2S/c1-15-11-21(28-24-27-14-19(25)23(30-24)29-22-12-16(2)31-32-22)20(26)13-18(15)17-5-7-34(8-6-17)9-10-37(35,36)33(3)4/h11-14,17H,5-10H2,1-4H3,(H3,27,28,29,30,31,32). The summed E-state index contributed by atoms with van der Waals surface area (Å²) in [5.74, 6) is 1.03. The largest absolute Gasteiger partial charge is 0.322 e. The normalized spacial score (nSPS) is 15.3. The Bertz CT molecular complexity index is 1360. The Hall–Kier alpha value is -2.80. The molecule has 1 aliphatic rings. The lowest BCUT2D eigenvalue weighted by molar-refractivity contribution is 0.222. The summed E-state index contributed by atoms with van der Waals surface area (Å²) in [6.45, 7) is 5.90. The molecule has 0 radical (unpaired) electrons. The lowest BCUT2D eigenvalue weighted by Gasteiger charge is -2.33. The van der Waals surface area contributed by atoms with Gasteiger partial charge in [-0.05, 0) is 69.0 Å². The molecular formula is C24H32ClFN8O2S. The molecule has 1 aromatic carbocycles. The Morgan fingerprint density at radius 1 is 1.19 bits per heavy atom. The molecule has 1 saturated heterocycles. The number of anilines is 4. The van der Waals surface area contributed by atoms with Gasteiger partial charge in [0.25, 0.3) is 0 Å². The SMILES string of the molecule is Cc1cc(Nc2nc(Nc3cc(C)c(C4CCN(CCS(=O)(=O)N(C)C)CC4)cc3F)ncc2Cl)n[nH]1. The van der Waals surface area contributed by atoms with Crippen molar-refractivity contribution in [2.45, 2.75) is 32.6 Å². The van der Waals surface area contributed by atoms with Crippen LogP contribution in [0.15, 0.2) is 24.4 Å². The van der Waals surface area contributed by atoms with Crippen molar-refractivity contribution in [2.24, 2.45) is 0 Å². The van der Waals surface area contributed by atoms with Gasteiger partial charge >= 0.3 is 0 Å². The second kappa shape index (κ2) is 11.3. The average molecular weight is 551 g/mol. The number of aromatic amines is 1. The second-order valence-corrected chi connectivity index (χ2v) is 12.2. The maximum atomic E-state index is 15.1. The Balaban J connectivity index is 1.41. The molecule has 10 nitrogen and oxygen atoms in total. The molecule has 0 bridgehead atoms. The number of aromatic nitrogens is 4. The van der Waals surface area contributed by atoms with Gasteiger partial charge in [-0.1, -0.05) is 11.6 Å². The van der Waals surface area contributed by atoms with Gasteiger partial charge in [0, 0.05) is 32.4 Å². The maximum absolute atomic E-state index is 15.1. The first-order valence-electron chi connectivity index (χ1n) is 12.0. The zero-order valence-electron chi connectivity index (χ0n) is 21.3. The van der Waals surface area contributed by atoms with Crippen LogP contribution in [0.2, 0.25) is 5.02 Å². The van der Waals surface area contributed by atoms with Gasteiger partial charge in [-0.2, -0.15) is 10.1 Å². The Morgan fingerprint density at radius 2 is 1.92 bits per heavy atom. The molecular weight excluding hydrogens is 519 g/mol. The average Bonchev–Trinajstić information content (AvgIpc) is 3.26. The van der Waals surface area contributed by atoms with Crippen LogP contribution in [0.3, 0.4) is 0 Å². The second-order valence-electron chi connectivity index (χ2n) is 9.48. The molecule has 0 amide bonds. The number of hydrogen-bond donors (Lipinski definition) is 3. The van der Waals surface area contributed by atoms with Crippen molar-refractivity contribution in [1.29, 1.82) is 0 Å². The number of nitrogens with one attached hydrogen (secondary N) is 3. The molecule has 0 aliphatic carbocycles. The fraction of sp³-hybridized carbons (Fsp3) is 0.458. The summed E-state index contributed by atoms with van der Waals surface area (Å²) in [4.78, 5) is 10.7. The fourth-order valence-corrected chi connectivity index (χ4v) is 5.36. The zero-order chi connectivity index (χ0) is 26.7. The number of likely N-dealkylation sites (tertiary alicyclic amines) is 1. The van der Waals surface area contributed by atoms with Gasteiger partial charge < -0.3 is 15.5 Å². The van der Waals surface area contributed by atoms with Crippen LogP contribution in [0, 0.1) is 19.7 Å². The van der Waals surface area contributed by atoms with Gasteiger partial charge in [-0.25, -0.2) is 22.1 Å². The monoisotopic (exact) mass is 550 g/mol. The number of nitrogens with zero attached hydrogens (tertiary/aromatic N) is 5. The van der Waals surface area contributed by atoms with E-state index in [9.17, 15) is 8.42 Å². The minimum atomic E-state index is -3.22. The Labute approximate surface area is 221 Å². The van der Waals surface area contributed by atoms with E-state index in [1.165, 1.54) is 10.5 Å². The molecule has 1 fully saturated rings. The number of aryl methyl sites for hydroxylation is 2. The Kier molecular flexibility index (Phi) is 8.32. The zero-order valence-corrected chi connectivity index (χ0v) is 22.9. The molecule has 1 aliphatic heterocycles. The molecule has 2 aromatic heterocycles. The minimum absolute atomic E-state index is 0.101. The maximum Gasteiger partial charge on any atom is 0.229 e. The van der Waals surface area contributed by atoms with Gasteiger partial charge in [0.1, 0.15) is 10.8 Å². The van der Waals surface area contributed by atoms with E-state index in [1.807, 2.05) is 19.9 Å². The van der Waals surface area contributed by atoms with Crippen LogP contribution in [0.1, 0.15) is 35.6 Å². The molecule has 3 N–H and O–H groups in total. The molecule has 0 unspecified atom stereocenters. The molecule has 3 heterocycles. The highest BCUT2D eigenvalue weighted by Crippen LogP contribution is 2.34. The predicted molar refractivity (Wildman–Crippen MR) is 144 cm³/mol. The van der Waals surface area contributed by atoms with Crippen LogP contribution >= 0.6 is 11.6 Å². The highest BCUT2D eigenvalue weighted by molar-refractivity contribution is 7.89. The number of H-pyrrole nitrogens is 1. The van der Waals surface area contributed by atoms with Gasteiger partial charge in [0.05, 0.1) is 17.6 Å². The number of sulfonamides is 1. The Morgan fingerprint density at radius 3 is 2.57 bits per heavy atom. The summed E-state index contributed by atoms with van der Waals surface area (Å²) in [7, 11) is -0.118. The highest BCUT2D eigenvalue weighted by Gasteiger charge is 2.25. The summed E-state index contributed by atoms with van der Waals surface area (Å²) in [5.41, 5.74) is 3.09. The number of halogens is 2. The van der Waals surface area contributed by atoms with Crippen molar-refractivity contribution in [1.82, 2.24) is 29.4 Å². The molecule has 37 heavy (non-hydrogen) atoms. The van der Waals surface area contributed by atoms with Gasteiger partial charge in [0.15, 0.2) is 11.6 Å². The van der Waals surface area contributed by atoms with Gasteiger partial charge in [0.2, 0.25) is 16.0 Å². The molecule has 4 rings (SSSR count). The topological polar surface area (TPSA) is 119 Å². The summed E-state index contributed by atoms with van der Waals surface area (Å²) >= 11 is 6.22. The van der Waals surface area contributed by atoms with Crippen molar-refractivity contribution >= 4 is 44.9 Å². The van der Waals surface area contributed by atoms with Gasteiger partial charge in [-0.3, -0.25) is 5.10 Å². The van der Waals surface area contributed by atoms with Crippen molar-refractivity contribution in [2.75, 3.05) is 50.1 Å². The number of piperidine rings is 1. The van der Waals surface area contributed by atoms with Crippen LogP contribution < -0.4 is 10.6 Å². The molecule has 0 atom stereocenters. The van der Waals surface area contributed by atoms with E-state index < -0.39 is 15.8 Å². The molecule has 3 aromatic rings. The van der Waals surface area contributed by atoms with Crippen LogP contribution in [0.5, 0.6) is 0 Å². The van der Waals surface area contributed by atoms with E-state index in [1.54, 1.807) is 26.2 Å². The minimum Gasteiger partial charge on any atom is -0.322 e. The van der Waals surface area contributed by atoms with Crippen molar-refractivity contribution in [3.05, 3.63) is 52.1 Å². The highest BCUT2D eigenvalue weighted by atomic mass is 35.5. The molecule has 0 saturated carbocycles. The lowest BCUT2D eigenvalue weighted by Crippen LogP contribution is -2.38. The summed E-state index contributed by atoms with van der Waals surface area (Å²) in [6, 6.07) is 5.16. The molecule has 13 heteroatoms. The van der Waals surface area contributed by atoms with E-state index in [0.717, 1.165) is 42.8 Å². The number of rotatable bonds is 9. The first-order valence-corrected chi connectivity index (χ1v) is 14.0. The third-order valence-corrected chi connectivity index (χ3v) is 8.64. The first kappa shape index (κ1) is 27.2. The smallest absolute Gasteiger partial charge is 0.229 e. The lowest BCUT2D eigenvalue weighted by atomic mass is 9.86. The van der Waals surface area contributed by atoms with Crippen molar-refractivity contribution in [3.63, 3.8) is 0 Å². The van der Waals surface area contributed by atoms with E-state index in [-0.39, 0.29) is 23.3 Å². The van der Waals surface area contributed by atoms with Crippen LogP contribution in [-0.4, -0.2) is 77.3 Å². The number of benzene rings is 1. The third kappa shape index (κ3) is 6.75. The van der Waals surface area contributed by atoms with Crippen molar-refractivity contribution < 1.29 is 12.8 Å². The van der Waals surface area contributed by atoms with Crippen LogP contribution in [-0.2, 0) is 10.0 Å². The molecule has 0 spiro atoms. The number of hydrogen-bond acceptors (Lipinski definition) is 8.